The van der Waals surface area contributed by atoms with Gasteiger partial charge in [0, 0.05) is 0 Å². The highest BCUT2D eigenvalue weighted by Gasteiger charge is 2.13. The Labute approximate surface area is 122 Å². The molecule has 0 aliphatic heterocycles. The third-order valence-corrected chi connectivity index (χ3v) is 3.47. The minimum atomic E-state index is -0.849. The molecule has 0 amide bonds. The molecule has 1 unspecified atom stereocenters. The fourth-order valence-electron chi connectivity index (χ4n) is 2.48. The van der Waals surface area contributed by atoms with Crippen LogP contribution in [0.4, 0.5) is 13.2 Å². The summed E-state index contributed by atoms with van der Waals surface area (Å²) in [6.07, 6.45) is 1.11. The van der Waals surface area contributed by atoms with Gasteiger partial charge in [-0.15, -0.1) is 0 Å². The molecule has 1 atom stereocenters. The Kier molecular flexibility index (Phi) is 5.39. The van der Waals surface area contributed by atoms with Gasteiger partial charge in [-0.3, -0.25) is 0 Å². The van der Waals surface area contributed by atoms with Crippen molar-refractivity contribution in [1.82, 2.24) is 5.32 Å². The van der Waals surface area contributed by atoms with E-state index in [9.17, 15) is 13.2 Å². The van der Waals surface area contributed by atoms with Crippen molar-refractivity contribution < 1.29 is 13.2 Å². The van der Waals surface area contributed by atoms with Crippen LogP contribution < -0.4 is 5.32 Å². The average molecular weight is 293 g/mol. The molecular weight excluding hydrogens is 275 g/mol. The summed E-state index contributed by atoms with van der Waals surface area (Å²) in [4.78, 5) is 0. The molecule has 0 aromatic heterocycles. The Hall–Kier alpha value is -1.81. The second-order valence-corrected chi connectivity index (χ2v) is 5.17. The fraction of sp³-hybridized carbons (Fsp3) is 0.294. The van der Waals surface area contributed by atoms with Crippen LogP contribution >= 0.6 is 0 Å². The van der Waals surface area contributed by atoms with Gasteiger partial charge >= 0.3 is 0 Å². The maximum atomic E-state index is 13.7. The van der Waals surface area contributed by atoms with E-state index in [2.05, 4.69) is 5.32 Å². The molecule has 0 radical (unpaired) electrons. The van der Waals surface area contributed by atoms with E-state index in [0.717, 1.165) is 6.07 Å². The summed E-state index contributed by atoms with van der Waals surface area (Å²) in [5.41, 5.74) is 1.35. The second-order valence-electron chi connectivity index (χ2n) is 5.17. The molecule has 0 fully saturated rings. The fourth-order valence-corrected chi connectivity index (χ4v) is 2.48. The first-order chi connectivity index (χ1) is 10.1. The molecule has 0 saturated heterocycles. The number of hydrogen-bond donors (Lipinski definition) is 1. The highest BCUT2D eigenvalue weighted by molar-refractivity contribution is 5.21. The molecule has 2 aromatic carbocycles. The molecule has 1 nitrogen and oxygen atoms in total. The lowest BCUT2D eigenvalue weighted by atomic mass is 9.92. The summed E-state index contributed by atoms with van der Waals surface area (Å²) in [5.74, 6) is -1.82. The summed E-state index contributed by atoms with van der Waals surface area (Å²) >= 11 is 0. The Bertz CT molecular complexity index is 598. The van der Waals surface area contributed by atoms with Crippen LogP contribution in [-0.4, -0.2) is 13.6 Å². The van der Waals surface area contributed by atoms with Gasteiger partial charge in [0.05, 0.1) is 0 Å². The molecule has 0 spiro atoms. The van der Waals surface area contributed by atoms with E-state index >= 15 is 0 Å². The number of halogens is 3. The molecular formula is C17H18F3N. The number of benzene rings is 2. The van der Waals surface area contributed by atoms with Gasteiger partial charge in [0.25, 0.3) is 0 Å². The zero-order chi connectivity index (χ0) is 15.2. The van der Waals surface area contributed by atoms with Gasteiger partial charge in [0.2, 0.25) is 0 Å². The SMILES string of the molecule is CNCC(Cc1ccc(F)c(F)c1)Cc1ccccc1F. The first kappa shape index (κ1) is 15.6. The second kappa shape index (κ2) is 7.27. The van der Waals surface area contributed by atoms with Crippen LogP contribution in [0.25, 0.3) is 0 Å². The summed E-state index contributed by atoms with van der Waals surface area (Å²) in [5, 5.41) is 3.06. The van der Waals surface area contributed by atoms with Gasteiger partial charge in [-0.05, 0) is 61.7 Å². The van der Waals surface area contributed by atoms with E-state index in [1.165, 1.54) is 12.1 Å². The van der Waals surface area contributed by atoms with Crippen molar-refractivity contribution in [1.29, 1.82) is 0 Å². The molecule has 21 heavy (non-hydrogen) atoms. The van der Waals surface area contributed by atoms with Crippen molar-refractivity contribution in [2.45, 2.75) is 12.8 Å². The van der Waals surface area contributed by atoms with Crippen LogP contribution in [0.2, 0.25) is 0 Å². The molecule has 2 aromatic rings. The van der Waals surface area contributed by atoms with Gasteiger partial charge in [0.15, 0.2) is 11.6 Å². The monoisotopic (exact) mass is 293 g/mol. The van der Waals surface area contributed by atoms with Gasteiger partial charge in [-0.25, -0.2) is 13.2 Å². The maximum Gasteiger partial charge on any atom is 0.159 e. The van der Waals surface area contributed by atoms with Crippen molar-refractivity contribution >= 4 is 0 Å². The first-order valence-corrected chi connectivity index (χ1v) is 6.92. The lowest BCUT2D eigenvalue weighted by Gasteiger charge is -2.17. The third-order valence-electron chi connectivity index (χ3n) is 3.47. The van der Waals surface area contributed by atoms with E-state index < -0.39 is 11.6 Å². The molecule has 112 valence electrons. The van der Waals surface area contributed by atoms with E-state index in [4.69, 9.17) is 0 Å². The van der Waals surface area contributed by atoms with E-state index in [-0.39, 0.29) is 11.7 Å². The summed E-state index contributed by atoms with van der Waals surface area (Å²) in [6, 6.07) is 10.5. The topological polar surface area (TPSA) is 12.0 Å². The zero-order valence-corrected chi connectivity index (χ0v) is 11.9. The van der Waals surface area contributed by atoms with Crippen LogP contribution in [-0.2, 0) is 12.8 Å². The number of rotatable bonds is 6. The highest BCUT2D eigenvalue weighted by atomic mass is 19.2. The van der Waals surface area contributed by atoms with E-state index in [1.54, 1.807) is 24.3 Å². The molecule has 1 N–H and O–H groups in total. The van der Waals surface area contributed by atoms with Gasteiger partial charge < -0.3 is 5.32 Å². The van der Waals surface area contributed by atoms with E-state index in [0.29, 0.717) is 30.5 Å². The standard InChI is InChI=1S/C17H18F3N/c1-21-11-13(9-14-4-2-3-5-15(14)18)8-12-6-7-16(19)17(20)10-12/h2-7,10,13,21H,8-9,11H2,1H3. The van der Waals surface area contributed by atoms with Gasteiger partial charge in [-0.2, -0.15) is 0 Å². The first-order valence-electron chi connectivity index (χ1n) is 6.92. The molecule has 4 heteroatoms. The van der Waals surface area contributed by atoms with Crippen molar-refractivity contribution in [3.63, 3.8) is 0 Å². The van der Waals surface area contributed by atoms with Crippen molar-refractivity contribution in [3.05, 3.63) is 71.0 Å². The summed E-state index contributed by atoms with van der Waals surface area (Å²) in [7, 11) is 1.82. The smallest absolute Gasteiger partial charge is 0.159 e. The van der Waals surface area contributed by atoms with Crippen molar-refractivity contribution in [2.75, 3.05) is 13.6 Å². The minimum Gasteiger partial charge on any atom is -0.319 e. The normalized spacial score (nSPS) is 12.4. The zero-order valence-electron chi connectivity index (χ0n) is 11.9. The van der Waals surface area contributed by atoms with Gasteiger partial charge in [0.1, 0.15) is 5.82 Å². The molecule has 0 heterocycles. The molecule has 0 saturated carbocycles. The van der Waals surface area contributed by atoms with Crippen molar-refractivity contribution in [2.24, 2.45) is 5.92 Å². The van der Waals surface area contributed by atoms with Crippen LogP contribution in [0.5, 0.6) is 0 Å². The van der Waals surface area contributed by atoms with Crippen LogP contribution in [0, 0.1) is 23.4 Å². The Morgan fingerprint density at radius 3 is 2.33 bits per heavy atom. The quantitative estimate of drug-likeness (QED) is 0.856. The lowest BCUT2D eigenvalue weighted by molar-refractivity contribution is 0.473. The van der Waals surface area contributed by atoms with Crippen LogP contribution in [0.1, 0.15) is 11.1 Å². The largest absolute Gasteiger partial charge is 0.319 e. The van der Waals surface area contributed by atoms with Gasteiger partial charge in [-0.1, -0.05) is 24.3 Å². The lowest BCUT2D eigenvalue weighted by Crippen LogP contribution is -2.23. The van der Waals surface area contributed by atoms with Crippen molar-refractivity contribution in [3.8, 4) is 0 Å². The van der Waals surface area contributed by atoms with E-state index in [1.807, 2.05) is 7.05 Å². The number of hydrogen-bond acceptors (Lipinski definition) is 1. The number of nitrogens with one attached hydrogen (secondary N) is 1. The average Bonchev–Trinajstić information content (AvgIpc) is 2.46. The minimum absolute atomic E-state index is 0.108. The maximum absolute atomic E-state index is 13.7. The molecule has 0 aliphatic carbocycles. The third kappa shape index (κ3) is 4.33. The predicted octanol–water partition coefficient (Wildman–Crippen LogP) is 3.72. The Morgan fingerprint density at radius 1 is 0.905 bits per heavy atom. The summed E-state index contributed by atoms with van der Waals surface area (Å²) in [6.45, 7) is 0.674. The molecule has 2 rings (SSSR count). The summed E-state index contributed by atoms with van der Waals surface area (Å²) < 4.78 is 39.9. The highest BCUT2D eigenvalue weighted by Crippen LogP contribution is 2.18. The van der Waals surface area contributed by atoms with Crippen LogP contribution in [0.15, 0.2) is 42.5 Å². The Morgan fingerprint density at radius 2 is 1.67 bits per heavy atom. The molecule has 0 bridgehead atoms. The predicted molar refractivity (Wildman–Crippen MR) is 77.6 cm³/mol. The molecule has 0 aliphatic rings. The van der Waals surface area contributed by atoms with Crippen LogP contribution in [0.3, 0.4) is 0 Å². The Balaban J connectivity index is 2.11.